The van der Waals surface area contributed by atoms with E-state index in [2.05, 4.69) is 0 Å². The van der Waals surface area contributed by atoms with Gasteiger partial charge in [-0.05, 0) is 36.0 Å². The lowest BCUT2D eigenvalue weighted by atomic mass is 10.0. The zero-order chi connectivity index (χ0) is 12.1. The molecule has 1 unspecified atom stereocenters. The maximum absolute atomic E-state index is 9.26. The van der Waals surface area contributed by atoms with Gasteiger partial charge in [0.25, 0.3) is 0 Å². The van der Waals surface area contributed by atoms with Gasteiger partial charge >= 0.3 is 0 Å². The molecule has 1 aliphatic heterocycles. The highest BCUT2D eigenvalue weighted by Crippen LogP contribution is 2.29. The van der Waals surface area contributed by atoms with Crippen molar-refractivity contribution in [3.8, 4) is 5.75 Å². The Balaban J connectivity index is 2.08. The molecule has 94 valence electrons. The van der Waals surface area contributed by atoms with Crippen molar-refractivity contribution in [3.05, 3.63) is 29.8 Å². The maximum Gasteiger partial charge on any atom is 0.123 e. The van der Waals surface area contributed by atoms with Gasteiger partial charge in [0.15, 0.2) is 0 Å². The van der Waals surface area contributed by atoms with Crippen molar-refractivity contribution in [1.82, 2.24) is 0 Å². The van der Waals surface area contributed by atoms with Crippen LogP contribution in [0.25, 0.3) is 0 Å². The molecule has 0 bridgehead atoms. The average Bonchev–Trinajstić information content (AvgIpc) is 2.40. The van der Waals surface area contributed by atoms with Crippen LogP contribution in [0.1, 0.15) is 31.2 Å². The van der Waals surface area contributed by atoms with E-state index < -0.39 is 0 Å². The Bertz CT molecular complexity index is 348. The van der Waals surface area contributed by atoms with Crippen LogP contribution in [0.5, 0.6) is 5.75 Å². The van der Waals surface area contributed by atoms with Gasteiger partial charge in [-0.1, -0.05) is 25.1 Å². The van der Waals surface area contributed by atoms with Gasteiger partial charge in [0.05, 0.1) is 0 Å². The number of hydrogen-bond acceptors (Lipinski definition) is 3. The van der Waals surface area contributed by atoms with Crippen LogP contribution in [0.3, 0.4) is 0 Å². The molecule has 1 heterocycles. The van der Waals surface area contributed by atoms with Crippen molar-refractivity contribution in [2.75, 3.05) is 18.1 Å². The van der Waals surface area contributed by atoms with Gasteiger partial charge in [-0.3, -0.25) is 0 Å². The van der Waals surface area contributed by atoms with E-state index in [0.29, 0.717) is 6.10 Å². The monoisotopic (exact) mass is 252 g/mol. The van der Waals surface area contributed by atoms with Gasteiger partial charge in [-0.25, -0.2) is 0 Å². The Morgan fingerprint density at radius 3 is 2.76 bits per heavy atom. The van der Waals surface area contributed by atoms with Gasteiger partial charge < -0.3 is 9.84 Å². The molecule has 17 heavy (non-hydrogen) atoms. The van der Waals surface area contributed by atoms with Gasteiger partial charge in [0, 0.05) is 12.5 Å². The molecule has 1 fully saturated rings. The van der Waals surface area contributed by atoms with Crippen molar-refractivity contribution in [3.63, 3.8) is 0 Å². The van der Waals surface area contributed by atoms with Crippen LogP contribution in [-0.2, 0) is 0 Å². The first-order valence-electron chi connectivity index (χ1n) is 6.25. The summed E-state index contributed by atoms with van der Waals surface area (Å²) in [6, 6.07) is 8.07. The summed E-state index contributed by atoms with van der Waals surface area (Å²) in [6.07, 6.45) is 2.61. The SMILES string of the molecule is CC(CO)c1ccccc1OC1CCSCC1. The van der Waals surface area contributed by atoms with Crippen LogP contribution in [0, 0.1) is 0 Å². The van der Waals surface area contributed by atoms with E-state index in [1.54, 1.807) is 0 Å². The molecule has 1 N–H and O–H groups in total. The van der Waals surface area contributed by atoms with E-state index in [1.807, 2.05) is 43.0 Å². The van der Waals surface area contributed by atoms with Gasteiger partial charge in [0.1, 0.15) is 11.9 Å². The highest BCUT2D eigenvalue weighted by Gasteiger charge is 2.18. The van der Waals surface area contributed by atoms with Crippen LogP contribution >= 0.6 is 11.8 Å². The molecule has 2 nitrogen and oxygen atoms in total. The number of para-hydroxylation sites is 1. The molecule has 1 saturated heterocycles. The first-order chi connectivity index (χ1) is 8.31. The molecule has 1 atom stereocenters. The van der Waals surface area contributed by atoms with Crippen LogP contribution in [0.2, 0.25) is 0 Å². The predicted octanol–water partition coefficient (Wildman–Crippen LogP) is 3.06. The highest BCUT2D eigenvalue weighted by atomic mass is 32.2. The Kier molecular flexibility index (Phi) is 4.75. The minimum atomic E-state index is 0.143. The average molecular weight is 252 g/mol. The van der Waals surface area contributed by atoms with Crippen LogP contribution in [0.15, 0.2) is 24.3 Å². The zero-order valence-corrected chi connectivity index (χ0v) is 11.1. The molecule has 0 spiro atoms. The van der Waals surface area contributed by atoms with Gasteiger partial charge in [0.2, 0.25) is 0 Å². The van der Waals surface area contributed by atoms with Crippen molar-refractivity contribution in [1.29, 1.82) is 0 Å². The van der Waals surface area contributed by atoms with Crippen molar-refractivity contribution < 1.29 is 9.84 Å². The third-order valence-corrected chi connectivity index (χ3v) is 4.23. The molecule has 0 aromatic heterocycles. The van der Waals surface area contributed by atoms with Gasteiger partial charge in [-0.15, -0.1) is 0 Å². The third-order valence-electron chi connectivity index (χ3n) is 3.19. The fourth-order valence-corrected chi connectivity index (χ4v) is 3.13. The molecule has 3 heteroatoms. The smallest absolute Gasteiger partial charge is 0.123 e. The molecule has 0 radical (unpaired) electrons. The van der Waals surface area contributed by atoms with Crippen LogP contribution in [0.4, 0.5) is 0 Å². The van der Waals surface area contributed by atoms with Crippen molar-refractivity contribution in [2.24, 2.45) is 0 Å². The molecule has 1 aromatic rings. The fourth-order valence-electron chi connectivity index (χ4n) is 2.07. The number of aliphatic hydroxyl groups excluding tert-OH is 1. The summed E-state index contributed by atoms with van der Waals surface area (Å²) in [5, 5.41) is 9.26. The summed E-state index contributed by atoms with van der Waals surface area (Å²) in [7, 11) is 0. The van der Waals surface area contributed by atoms with E-state index in [4.69, 9.17) is 4.74 Å². The second-order valence-electron chi connectivity index (χ2n) is 4.55. The molecule has 1 aliphatic rings. The number of aliphatic hydroxyl groups is 1. The van der Waals surface area contributed by atoms with E-state index in [0.717, 1.165) is 24.2 Å². The van der Waals surface area contributed by atoms with Crippen molar-refractivity contribution in [2.45, 2.75) is 31.8 Å². The van der Waals surface area contributed by atoms with E-state index in [9.17, 15) is 5.11 Å². The fraction of sp³-hybridized carbons (Fsp3) is 0.571. The second kappa shape index (κ2) is 6.31. The minimum Gasteiger partial charge on any atom is -0.490 e. The minimum absolute atomic E-state index is 0.143. The number of ether oxygens (including phenoxy) is 1. The maximum atomic E-state index is 9.26. The number of benzene rings is 1. The topological polar surface area (TPSA) is 29.5 Å². The van der Waals surface area contributed by atoms with E-state index in [-0.39, 0.29) is 12.5 Å². The molecular formula is C14H20O2S. The molecule has 0 aliphatic carbocycles. The molecule has 1 aromatic carbocycles. The largest absolute Gasteiger partial charge is 0.490 e. The third kappa shape index (κ3) is 3.39. The van der Waals surface area contributed by atoms with Crippen LogP contribution < -0.4 is 4.74 Å². The first-order valence-corrected chi connectivity index (χ1v) is 7.41. The highest BCUT2D eigenvalue weighted by molar-refractivity contribution is 7.99. The number of thioether (sulfide) groups is 1. The number of hydrogen-bond donors (Lipinski definition) is 1. The van der Waals surface area contributed by atoms with Gasteiger partial charge in [-0.2, -0.15) is 11.8 Å². The lowest BCUT2D eigenvalue weighted by Crippen LogP contribution is -2.22. The summed E-state index contributed by atoms with van der Waals surface area (Å²) in [6.45, 7) is 2.19. The Morgan fingerprint density at radius 1 is 1.35 bits per heavy atom. The van der Waals surface area contributed by atoms with Crippen LogP contribution in [-0.4, -0.2) is 29.3 Å². The standard InChI is InChI=1S/C14H20O2S/c1-11(10-15)13-4-2-3-5-14(13)16-12-6-8-17-9-7-12/h2-5,11-12,15H,6-10H2,1H3. The summed E-state index contributed by atoms with van der Waals surface area (Å²) in [5.41, 5.74) is 1.12. The first kappa shape index (κ1) is 12.8. The zero-order valence-electron chi connectivity index (χ0n) is 10.3. The summed E-state index contributed by atoms with van der Waals surface area (Å²) in [4.78, 5) is 0. The van der Waals surface area contributed by atoms with E-state index >= 15 is 0 Å². The molecular weight excluding hydrogens is 232 g/mol. The molecule has 0 saturated carbocycles. The summed E-state index contributed by atoms with van der Waals surface area (Å²) in [5.74, 6) is 3.49. The Labute approximate surface area is 107 Å². The summed E-state index contributed by atoms with van der Waals surface area (Å²) >= 11 is 2.00. The lowest BCUT2D eigenvalue weighted by Gasteiger charge is -2.25. The lowest BCUT2D eigenvalue weighted by molar-refractivity contribution is 0.187. The normalized spacial score (nSPS) is 18.9. The predicted molar refractivity (Wildman–Crippen MR) is 72.9 cm³/mol. The quantitative estimate of drug-likeness (QED) is 0.893. The number of rotatable bonds is 4. The van der Waals surface area contributed by atoms with Crippen molar-refractivity contribution >= 4 is 11.8 Å². The second-order valence-corrected chi connectivity index (χ2v) is 5.78. The van der Waals surface area contributed by atoms with E-state index in [1.165, 1.54) is 11.5 Å². The molecule has 0 amide bonds. The Morgan fingerprint density at radius 2 is 2.06 bits per heavy atom. The Hall–Kier alpha value is -0.670. The molecule has 2 rings (SSSR count). The summed E-state index contributed by atoms with van der Waals surface area (Å²) < 4.78 is 6.08.